The molecule has 0 aliphatic rings. The molecule has 0 radical (unpaired) electrons. The van der Waals surface area contributed by atoms with Crippen LogP contribution >= 0.6 is 22.9 Å². The van der Waals surface area contributed by atoms with Crippen molar-refractivity contribution in [2.45, 2.75) is 6.92 Å². The van der Waals surface area contributed by atoms with Crippen molar-refractivity contribution in [1.82, 2.24) is 10.4 Å². The number of benzene rings is 3. The van der Waals surface area contributed by atoms with Crippen molar-refractivity contribution >= 4 is 45.9 Å². The van der Waals surface area contributed by atoms with Crippen LogP contribution < -0.4 is 15.5 Å². The van der Waals surface area contributed by atoms with Crippen molar-refractivity contribution in [3.63, 3.8) is 0 Å². The Morgan fingerprint density at radius 1 is 1.17 bits per heavy atom. The van der Waals surface area contributed by atoms with Gasteiger partial charge in [0.2, 0.25) is 0 Å². The number of thiazole rings is 1. The number of rotatable bonds is 8. The van der Waals surface area contributed by atoms with E-state index in [1.165, 1.54) is 23.1 Å². The molecule has 0 aliphatic carbocycles. The Labute approximate surface area is 212 Å². The second-order valence-electron chi connectivity index (χ2n) is 7.48. The third-order valence-corrected chi connectivity index (χ3v) is 5.90. The largest absolute Gasteiger partial charge is 0.480 e. The first-order valence-electron chi connectivity index (χ1n) is 10.6. The van der Waals surface area contributed by atoms with E-state index in [4.69, 9.17) is 22.8 Å². The fourth-order valence-electron chi connectivity index (χ4n) is 3.11. The first-order valence-corrected chi connectivity index (χ1v) is 11.9. The average Bonchev–Trinajstić information content (AvgIpc) is 3.33. The molecule has 4 aromatic rings. The summed E-state index contributed by atoms with van der Waals surface area (Å²) in [7, 11) is 0. The smallest absolute Gasteiger partial charge is 0.271 e. The minimum atomic E-state index is -0.346. The predicted octanol–water partition coefficient (Wildman–Crippen LogP) is 6.29. The van der Waals surface area contributed by atoms with E-state index in [9.17, 15) is 4.79 Å². The Hall–Kier alpha value is -4.12. The summed E-state index contributed by atoms with van der Waals surface area (Å²) in [6.45, 7) is 2.16. The molecule has 35 heavy (non-hydrogen) atoms. The molecule has 0 bridgehead atoms. The molecule has 0 saturated carbocycles. The maximum absolute atomic E-state index is 12.5. The zero-order valence-electron chi connectivity index (χ0n) is 18.8. The third kappa shape index (κ3) is 6.48. The van der Waals surface area contributed by atoms with Crippen molar-refractivity contribution in [2.75, 3.05) is 11.9 Å². The molecular formula is C27H21ClN4O2S. The third-order valence-electron chi connectivity index (χ3n) is 4.90. The number of anilines is 2. The van der Waals surface area contributed by atoms with Crippen molar-refractivity contribution in [2.24, 2.45) is 5.10 Å². The van der Waals surface area contributed by atoms with Crippen LogP contribution in [-0.2, 0) is 0 Å². The summed E-state index contributed by atoms with van der Waals surface area (Å²) in [5.41, 5.74) is 7.50. The number of terminal acetylenes is 1. The maximum Gasteiger partial charge on any atom is 0.271 e. The number of hydrogen-bond acceptors (Lipinski definition) is 6. The van der Waals surface area contributed by atoms with E-state index in [0.717, 1.165) is 22.1 Å². The molecule has 0 saturated heterocycles. The molecule has 1 heterocycles. The van der Waals surface area contributed by atoms with Crippen LogP contribution in [0.2, 0.25) is 5.02 Å². The number of carbonyl (C=O) groups is 1. The highest BCUT2D eigenvalue weighted by molar-refractivity contribution is 7.14. The predicted molar refractivity (Wildman–Crippen MR) is 143 cm³/mol. The highest BCUT2D eigenvalue weighted by Gasteiger charge is 2.09. The van der Waals surface area contributed by atoms with E-state index < -0.39 is 0 Å². The van der Waals surface area contributed by atoms with Crippen molar-refractivity contribution in [1.29, 1.82) is 0 Å². The minimum absolute atomic E-state index is 0.115. The van der Waals surface area contributed by atoms with Crippen molar-refractivity contribution in [3.05, 3.63) is 93.8 Å². The number of halogens is 1. The van der Waals surface area contributed by atoms with E-state index in [0.29, 0.717) is 21.9 Å². The highest BCUT2D eigenvalue weighted by Crippen LogP contribution is 2.27. The standard InChI is InChI=1S/C27H21ClN4O2S/c1-3-14-34-25-13-10-22(28)15-21(25)16-29-32-26(33)20-8-6-19(7-9-20)24-17-35-27(31-24)30-23-11-4-18(2)5-12-23/h1,4-13,15-17H,14H2,2H3,(H,30,31)(H,32,33)/b29-16-. The zero-order valence-corrected chi connectivity index (χ0v) is 20.4. The molecular weight excluding hydrogens is 480 g/mol. The number of nitrogens with one attached hydrogen (secondary N) is 2. The Bertz CT molecular complexity index is 1390. The number of nitrogens with zero attached hydrogens (tertiary/aromatic N) is 2. The van der Waals surface area contributed by atoms with E-state index in [1.54, 1.807) is 30.3 Å². The van der Waals surface area contributed by atoms with Crippen LogP contribution in [0.25, 0.3) is 11.3 Å². The van der Waals surface area contributed by atoms with E-state index in [1.807, 2.05) is 48.7 Å². The zero-order chi connectivity index (χ0) is 24.6. The lowest BCUT2D eigenvalue weighted by Gasteiger charge is -2.06. The fraction of sp³-hybridized carbons (Fsp3) is 0.0741. The number of hydrogen-bond donors (Lipinski definition) is 2. The SMILES string of the molecule is C#CCOc1ccc(Cl)cc1/C=N\NC(=O)c1ccc(-c2csc(Nc3ccc(C)cc3)n2)cc1. The first-order chi connectivity index (χ1) is 17.0. The number of aryl methyl sites for hydroxylation is 1. The quantitative estimate of drug-likeness (QED) is 0.169. The van der Waals surface area contributed by atoms with Gasteiger partial charge in [-0.1, -0.05) is 47.4 Å². The van der Waals surface area contributed by atoms with Gasteiger partial charge in [-0.15, -0.1) is 17.8 Å². The van der Waals surface area contributed by atoms with Gasteiger partial charge in [0.1, 0.15) is 12.4 Å². The molecule has 0 fully saturated rings. The van der Waals surface area contributed by atoms with Gasteiger partial charge in [0, 0.05) is 32.8 Å². The number of amides is 1. The van der Waals surface area contributed by atoms with Crippen LogP contribution in [0.1, 0.15) is 21.5 Å². The van der Waals surface area contributed by atoms with E-state index in [-0.39, 0.29) is 12.5 Å². The van der Waals surface area contributed by atoms with E-state index in [2.05, 4.69) is 26.7 Å². The van der Waals surface area contributed by atoms with Crippen LogP contribution in [-0.4, -0.2) is 23.7 Å². The topological polar surface area (TPSA) is 75.6 Å². The second-order valence-corrected chi connectivity index (χ2v) is 8.77. The van der Waals surface area contributed by atoms with Crippen molar-refractivity contribution < 1.29 is 9.53 Å². The summed E-state index contributed by atoms with van der Waals surface area (Å²) in [6, 6.07) is 20.4. The van der Waals surface area contributed by atoms with Gasteiger partial charge in [-0.25, -0.2) is 10.4 Å². The number of hydrazone groups is 1. The summed E-state index contributed by atoms with van der Waals surface area (Å²) in [5.74, 6) is 2.58. The van der Waals surface area contributed by atoms with Crippen LogP contribution in [0.3, 0.4) is 0 Å². The summed E-state index contributed by atoms with van der Waals surface area (Å²) in [6.07, 6.45) is 6.71. The molecule has 0 aliphatic heterocycles. The monoisotopic (exact) mass is 500 g/mol. The molecule has 8 heteroatoms. The summed E-state index contributed by atoms with van der Waals surface area (Å²) in [4.78, 5) is 17.1. The Kier molecular flexibility index (Phi) is 7.78. The average molecular weight is 501 g/mol. The van der Waals surface area contributed by atoms with Gasteiger partial charge in [-0.3, -0.25) is 4.79 Å². The number of carbonyl (C=O) groups excluding carboxylic acids is 1. The lowest BCUT2D eigenvalue weighted by Crippen LogP contribution is -2.17. The Morgan fingerprint density at radius 2 is 1.94 bits per heavy atom. The molecule has 4 rings (SSSR count). The summed E-state index contributed by atoms with van der Waals surface area (Å²) >= 11 is 7.57. The molecule has 174 valence electrons. The van der Waals surface area contributed by atoms with Gasteiger partial charge >= 0.3 is 0 Å². The molecule has 6 nitrogen and oxygen atoms in total. The van der Waals surface area contributed by atoms with Crippen LogP contribution in [0.4, 0.5) is 10.8 Å². The first kappa shape index (κ1) is 24.0. The van der Waals surface area contributed by atoms with Gasteiger partial charge in [0.15, 0.2) is 5.13 Å². The molecule has 3 aromatic carbocycles. The Balaban J connectivity index is 1.38. The minimum Gasteiger partial charge on any atom is -0.480 e. The lowest BCUT2D eigenvalue weighted by atomic mass is 10.1. The van der Waals surface area contributed by atoms with Gasteiger partial charge in [0.05, 0.1) is 11.9 Å². The molecule has 1 aromatic heterocycles. The van der Waals surface area contributed by atoms with Crippen molar-refractivity contribution in [3.8, 4) is 29.4 Å². The fourth-order valence-corrected chi connectivity index (χ4v) is 4.03. The normalized spacial score (nSPS) is 10.7. The van der Waals surface area contributed by atoms with Crippen LogP contribution in [0.5, 0.6) is 5.75 Å². The second kappa shape index (κ2) is 11.3. The lowest BCUT2D eigenvalue weighted by molar-refractivity contribution is 0.0955. The highest BCUT2D eigenvalue weighted by atomic mass is 35.5. The van der Waals surface area contributed by atoms with Gasteiger partial charge in [0.25, 0.3) is 5.91 Å². The molecule has 0 spiro atoms. The number of ether oxygens (including phenoxy) is 1. The maximum atomic E-state index is 12.5. The molecule has 0 atom stereocenters. The number of aromatic nitrogens is 1. The molecule has 1 amide bonds. The Morgan fingerprint density at radius 3 is 2.69 bits per heavy atom. The van der Waals surface area contributed by atoms with E-state index >= 15 is 0 Å². The summed E-state index contributed by atoms with van der Waals surface area (Å²) < 4.78 is 5.47. The van der Waals surface area contributed by atoms with Crippen LogP contribution in [0, 0.1) is 19.3 Å². The van der Waals surface area contributed by atoms with Gasteiger partial charge in [-0.05, 0) is 49.4 Å². The molecule has 2 N–H and O–H groups in total. The van der Waals surface area contributed by atoms with Crippen LogP contribution in [0.15, 0.2) is 77.2 Å². The summed E-state index contributed by atoms with van der Waals surface area (Å²) in [5, 5.41) is 10.6. The van der Waals surface area contributed by atoms with Gasteiger partial charge in [-0.2, -0.15) is 5.10 Å². The molecule has 0 unspecified atom stereocenters. The van der Waals surface area contributed by atoms with Gasteiger partial charge < -0.3 is 10.1 Å².